The van der Waals surface area contributed by atoms with Crippen molar-refractivity contribution in [2.75, 3.05) is 26.3 Å². The number of alkyl carbamates (subject to hydrolysis) is 1. The first-order valence-electron chi connectivity index (χ1n) is 10.2. The van der Waals surface area contributed by atoms with Crippen molar-refractivity contribution in [3.8, 4) is 0 Å². The van der Waals surface area contributed by atoms with E-state index < -0.39 is 12.1 Å². The Kier molecular flexibility index (Phi) is 8.00. The van der Waals surface area contributed by atoms with Gasteiger partial charge in [0, 0.05) is 25.2 Å². The van der Waals surface area contributed by atoms with E-state index >= 15 is 0 Å². The van der Waals surface area contributed by atoms with Crippen LogP contribution in [0.25, 0.3) is 0 Å². The fourth-order valence-electron chi connectivity index (χ4n) is 3.06. The predicted molar refractivity (Wildman–Crippen MR) is 114 cm³/mol. The molecule has 0 aliphatic carbocycles. The minimum absolute atomic E-state index is 0.0225. The second kappa shape index (κ2) is 11.1. The minimum Gasteiger partial charge on any atom is -0.445 e. The van der Waals surface area contributed by atoms with Gasteiger partial charge in [-0.3, -0.25) is 9.59 Å². The van der Waals surface area contributed by atoms with Crippen LogP contribution in [0.15, 0.2) is 54.6 Å². The lowest BCUT2D eigenvalue weighted by molar-refractivity contribution is -0.122. The Balaban J connectivity index is 1.41. The molecule has 0 spiro atoms. The van der Waals surface area contributed by atoms with E-state index in [0.717, 1.165) is 11.1 Å². The van der Waals surface area contributed by atoms with Crippen molar-refractivity contribution in [3.05, 3.63) is 71.3 Å². The number of benzene rings is 2. The molecule has 1 aliphatic rings. The van der Waals surface area contributed by atoms with Crippen LogP contribution in [0.4, 0.5) is 4.79 Å². The average Bonchev–Trinajstić information content (AvgIpc) is 2.82. The van der Waals surface area contributed by atoms with Crippen LogP contribution in [-0.2, 0) is 27.4 Å². The molecular weight excluding hydrogens is 398 g/mol. The van der Waals surface area contributed by atoms with Crippen LogP contribution in [0.3, 0.4) is 0 Å². The summed E-state index contributed by atoms with van der Waals surface area (Å²) in [5, 5.41) is 5.28. The van der Waals surface area contributed by atoms with Crippen LogP contribution in [-0.4, -0.2) is 55.2 Å². The van der Waals surface area contributed by atoms with Gasteiger partial charge in [-0.15, -0.1) is 0 Å². The smallest absolute Gasteiger partial charge is 0.408 e. The molecule has 3 amide bonds. The molecule has 0 unspecified atom stereocenters. The van der Waals surface area contributed by atoms with Crippen LogP contribution >= 0.6 is 0 Å². The summed E-state index contributed by atoms with van der Waals surface area (Å²) in [7, 11) is 0. The molecule has 31 heavy (non-hydrogen) atoms. The molecular formula is C23H27N3O5. The molecule has 2 N–H and O–H groups in total. The Morgan fingerprint density at radius 2 is 1.68 bits per heavy atom. The Bertz CT molecular complexity index is 880. The van der Waals surface area contributed by atoms with E-state index in [1.165, 1.54) is 0 Å². The fourth-order valence-corrected chi connectivity index (χ4v) is 3.06. The molecule has 1 heterocycles. The molecule has 8 nitrogen and oxygen atoms in total. The van der Waals surface area contributed by atoms with E-state index in [9.17, 15) is 14.4 Å². The minimum atomic E-state index is -0.745. The van der Waals surface area contributed by atoms with Gasteiger partial charge < -0.3 is 25.0 Å². The summed E-state index contributed by atoms with van der Waals surface area (Å²) in [6, 6.07) is 15.7. The van der Waals surface area contributed by atoms with E-state index in [1.54, 1.807) is 36.1 Å². The molecule has 0 saturated carbocycles. The average molecular weight is 425 g/mol. The van der Waals surface area contributed by atoms with Gasteiger partial charge in [0.05, 0.1) is 13.2 Å². The molecule has 1 atom stereocenters. The summed E-state index contributed by atoms with van der Waals surface area (Å²) in [4.78, 5) is 38.4. The van der Waals surface area contributed by atoms with Crippen molar-refractivity contribution in [1.29, 1.82) is 0 Å². The van der Waals surface area contributed by atoms with Crippen molar-refractivity contribution in [2.45, 2.75) is 26.1 Å². The summed E-state index contributed by atoms with van der Waals surface area (Å²) in [6.07, 6.45) is -0.655. The van der Waals surface area contributed by atoms with Crippen molar-refractivity contribution < 1.29 is 23.9 Å². The Hall–Kier alpha value is -3.39. The van der Waals surface area contributed by atoms with Crippen LogP contribution in [0, 0.1) is 0 Å². The largest absolute Gasteiger partial charge is 0.445 e. The Morgan fingerprint density at radius 1 is 1.00 bits per heavy atom. The zero-order valence-electron chi connectivity index (χ0n) is 17.5. The number of morpholine rings is 1. The van der Waals surface area contributed by atoms with Crippen molar-refractivity contribution in [2.24, 2.45) is 0 Å². The topological polar surface area (TPSA) is 97.0 Å². The highest BCUT2D eigenvalue weighted by Gasteiger charge is 2.19. The fraction of sp³-hybridized carbons (Fsp3) is 0.348. The zero-order chi connectivity index (χ0) is 22.1. The van der Waals surface area contributed by atoms with Gasteiger partial charge in [-0.05, 0) is 30.2 Å². The first-order valence-corrected chi connectivity index (χ1v) is 10.2. The second-order valence-electron chi connectivity index (χ2n) is 7.25. The maximum absolute atomic E-state index is 12.5. The second-order valence-corrected chi connectivity index (χ2v) is 7.25. The predicted octanol–water partition coefficient (Wildman–Crippen LogP) is 2.09. The van der Waals surface area contributed by atoms with Crippen LogP contribution < -0.4 is 10.6 Å². The van der Waals surface area contributed by atoms with Gasteiger partial charge in [-0.25, -0.2) is 4.79 Å². The lowest BCUT2D eigenvalue weighted by atomic mass is 10.1. The van der Waals surface area contributed by atoms with E-state index in [4.69, 9.17) is 9.47 Å². The molecule has 0 aromatic heterocycles. The first-order chi connectivity index (χ1) is 15.0. The summed E-state index contributed by atoms with van der Waals surface area (Å²) in [5.74, 6) is -0.351. The highest BCUT2D eigenvalue weighted by atomic mass is 16.5. The third-order valence-corrected chi connectivity index (χ3v) is 4.91. The van der Waals surface area contributed by atoms with Crippen molar-refractivity contribution in [1.82, 2.24) is 15.5 Å². The molecule has 8 heteroatoms. The van der Waals surface area contributed by atoms with Gasteiger partial charge in [0.25, 0.3) is 5.91 Å². The molecule has 1 aliphatic heterocycles. The number of carbonyl (C=O) groups is 3. The molecule has 0 radical (unpaired) electrons. The number of hydrogen-bond acceptors (Lipinski definition) is 5. The standard InChI is InChI=1S/C23H27N3O5/c1-17(25-23(29)31-16-19-5-3-2-4-6-19)21(27)24-15-18-7-9-20(10-8-18)22(28)26-11-13-30-14-12-26/h2-10,17H,11-16H2,1H3,(H,24,27)(H,25,29)/t17-/m0/s1. The molecule has 3 rings (SSSR count). The number of nitrogens with one attached hydrogen (secondary N) is 2. The van der Waals surface area contributed by atoms with Gasteiger partial charge in [-0.1, -0.05) is 42.5 Å². The summed E-state index contributed by atoms with van der Waals surface area (Å²) in [5.41, 5.74) is 2.32. The highest BCUT2D eigenvalue weighted by molar-refractivity contribution is 5.94. The quantitative estimate of drug-likeness (QED) is 0.708. The first kappa shape index (κ1) is 22.3. The lowest BCUT2D eigenvalue weighted by Crippen LogP contribution is -2.44. The third kappa shape index (κ3) is 6.82. The van der Waals surface area contributed by atoms with E-state index in [2.05, 4.69) is 10.6 Å². The number of ether oxygens (including phenoxy) is 2. The number of rotatable bonds is 7. The maximum Gasteiger partial charge on any atom is 0.408 e. The van der Waals surface area contributed by atoms with E-state index in [-0.39, 0.29) is 25.0 Å². The van der Waals surface area contributed by atoms with Crippen LogP contribution in [0.5, 0.6) is 0 Å². The summed E-state index contributed by atoms with van der Waals surface area (Å²) >= 11 is 0. The van der Waals surface area contributed by atoms with E-state index in [1.807, 2.05) is 30.3 Å². The SMILES string of the molecule is C[C@H](NC(=O)OCc1ccccc1)C(=O)NCc1ccc(C(=O)N2CCOCC2)cc1. The third-order valence-electron chi connectivity index (χ3n) is 4.91. The number of amides is 3. The van der Waals surface area contributed by atoms with Gasteiger partial charge in [0.1, 0.15) is 12.6 Å². The number of nitrogens with zero attached hydrogens (tertiary/aromatic N) is 1. The maximum atomic E-state index is 12.5. The van der Waals surface area contributed by atoms with Crippen LogP contribution in [0.1, 0.15) is 28.4 Å². The number of carbonyl (C=O) groups excluding carboxylic acids is 3. The lowest BCUT2D eigenvalue weighted by Gasteiger charge is -2.26. The molecule has 2 aromatic rings. The van der Waals surface area contributed by atoms with Gasteiger partial charge >= 0.3 is 6.09 Å². The van der Waals surface area contributed by atoms with E-state index in [0.29, 0.717) is 31.9 Å². The summed E-state index contributed by atoms with van der Waals surface area (Å²) < 4.78 is 10.4. The molecule has 2 aromatic carbocycles. The monoisotopic (exact) mass is 425 g/mol. The van der Waals surface area contributed by atoms with Crippen molar-refractivity contribution in [3.63, 3.8) is 0 Å². The molecule has 1 fully saturated rings. The Morgan fingerprint density at radius 3 is 2.35 bits per heavy atom. The molecule has 164 valence electrons. The van der Waals surface area contributed by atoms with Crippen LogP contribution in [0.2, 0.25) is 0 Å². The van der Waals surface area contributed by atoms with Gasteiger partial charge in [0.2, 0.25) is 5.91 Å². The zero-order valence-corrected chi connectivity index (χ0v) is 17.5. The van der Waals surface area contributed by atoms with Gasteiger partial charge in [-0.2, -0.15) is 0 Å². The highest BCUT2D eigenvalue weighted by Crippen LogP contribution is 2.10. The summed E-state index contributed by atoms with van der Waals surface area (Å²) in [6.45, 7) is 4.31. The molecule has 1 saturated heterocycles. The van der Waals surface area contributed by atoms with Crippen molar-refractivity contribution >= 4 is 17.9 Å². The Labute approximate surface area is 181 Å². The molecule has 0 bridgehead atoms. The normalized spacial score (nSPS) is 14.4. The number of hydrogen-bond donors (Lipinski definition) is 2. The van der Waals surface area contributed by atoms with Gasteiger partial charge in [0.15, 0.2) is 0 Å².